The standard InChI is InChI=1S/C21H37O4P/c1-19(2,3)12-15-10-11-18(25-26(22,23)24)17(14-21(7,8)9)16(15)13-20(4,5)6/h10-11H,12-14H2,1-9H3,(H2,22,23,24). The molecular formula is C21H37O4P. The summed E-state index contributed by atoms with van der Waals surface area (Å²) in [7, 11) is -4.61. The van der Waals surface area contributed by atoms with E-state index in [1.165, 1.54) is 11.1 Å². The van der Waals surface area contributed by atoms with Crippen molar-refractivity contribution in [1.82, 2.24) is 0 Å². The van der Waals surface area contributed by atoms with Crippen LogP contribution in [0.1, 0.15) is 79.0 Å². The fourth-order valence-corrected chi connectivity index (χ4v) is 3.57. The van der Waals surface area contributed by atoms with Crippen LogP contribution in [0, 0.1) is 16.2 Å². The van der Waals surface area contributed by atoms with Crippen molar-refractivity contribution in [3.63, 3.8) is 0 Å². The van der Waals surface area contributed by atoms with E-state index in [4.69, 9.17) is 4.52 Å². The van der Waals surface area contributed by atoms with Gasteiger partial charge in [0.2, 0.25) is 0 Å². The van der Waals surface area contributed by atoms with Crippen LogP contribution < -0.4 is 4.52 Å². The highest BCUT2D eigenvalue weighted by Crippen LogP contribution is 2.44. The second-order valence-corrected chi connectivity index (χ2v) is 12.1. The van der Waals surface area contributed by atoms with Crippen LogP contribution >= 0.6 is 7.82 Å². The SMILES string of the molecule is CC(C)(C)Cc1ccc(OP(=O)(O)O)c(CC(C)(C)C)c1CC(C)(C)C. The predicted molar refractivity (Wildman–Crippen MR) is 109 cm³/mol. The van der Waals surface area contributed by atoms with Crippen molar-refractivity contribution >= 4 is 7.82 Å². The third-order valence-electron chi connectivity index (χ3n) is 3.84. The van der Waals surface area contributed by atoms with Gasteiger partial charge >= 0.3 is 7.82 Å². The molecule has 0 heterocycles. The highest BCUT2D eigenvalue weighted by molar-refractivity contribution is 7.46. The second kappa shape index (κ2) is 7.66. The molecule has 0 bridgehead atoms. The van der Waals surface area contributed by atoms with Crippen LogP contribution in [0.2, 0.25) is 0 Å². The van der Waals surface area contributed by atoms with Crippen LogP contribution in [-0.2, 0) is 23.8 Å². The van der Waals surface area contributed by atoms with Crippen LogP contribution in [0.5, 0.6) is 5.75 Å². The Kier molecular flexibility index (Phi) is 6.83. The predicted octanol–water partition coefficient (Wildman–Crippen LogP) is 5.92. The normalized spacial score (nSPS) is 13.8. The molecular weight excluding hydrogens is 347 g/mol. The number of hydrogen-bond donors (Lipinski definition) is 2. The first kappa shape index (κ1) is 23.2. The van der Waals surface area contributed by atoms with E-state index in [1.807, 2.05) is 6.07 Å². The molecule has 5 heteroatoms. The van der Waals surface area contributed by atoms with Gasteiger partial charge in [0.25, 0.3) is 0 Å². The van der Waals surface area contributed by atoms with Crippen molar-refractivity contribution in [2.75, 3.05) is 0 Å². The molecule has 1 aromatic rings. The lowest BCUT2D eigenvalue weighted by Gasteiger charge is -2.30. The maximum atomic E-state index is 11.5. The molecule has 0 amide bonds. The van der Waals surface area contributed by atoms with E-state index < -0.39 is 7.82 Å². The first-order chi connectivity index (χ1) is 11.4. The second-order valence-electron chi connectivity index (χ2n) is 11.0. The topological polar surface area (TPSA) is 66.8 Å². The van der Waals surface area contributed by atoms with E-state index in [2.05, 4.69) is 62.3 Å². The minimum atomic E-state index is -4.61. The highest BCUT2D eigenvalue weighted by Gasteiger charge is 2.28. The molecule has 0 radical (unpaired) electrons. The van der Waals surface area contributed by atoms with Crippen LogP contribution in [0.3, 0.4) is 0 Å². The molecule has 0 aromatic heterocycles. The van der Waals surface area contributed by atoms with Gasteiger partial charge in [-0.25, -0.2) is 4.57 Å². The van der Waals surface area contributed by atoms with Gasteiger partial charge in [0.1, 0.15) is 5.75 Å². The molecule has 26 heavy (non-hydrogen) atoms. The zero-order chi connectivity index (χ0) is 20.6. The lowest BCUT2D eigenvalue weighted by molar-refractivity contribution is 0.280. The maximum Gasteiger partial charge on any atom is 0.524 e. The summed E-state index contributed by atoms with van der Waals surface area (Å²) in [5.74, 6) is 0.310. The molecule has 0 spiro atoms. The summed E-state index contributed by atoms with van der Waals surface area (Å²) in [5, 5.41) is 0. The van der Waals surface area contributed by atoms with E-state index in [0.717, 1.165) is 18.4 Å². The smallest absolute Gasteiger partial charge is 0.404 e. The number of hydrogen-bond acceptors (Lipinski definition) is 2. The summed E-state index contributed by atoms with van der Waals surface area (Å²) < 4.78 is 16.6. The minimum Gasteiger partial charge on any atom is -0.404 e. The molecule has 0 aliphatic rings. The van der Waals surface area contributed by atoms with Gasteiger partial charge in [-0.15, -0.1) is 0 Å². The number of phosphoric acid groups is 1. The quantitative estimate of drug-likeness (QED) is 0.618. The Balaban J connectivity index is 3.64. The molecule has 150 valence electrons. The molecule has 0 saturated heterocycles. The molecule has 1 aromatic carbocycles. The third kappa shape index (κ3) is 8.70. The Labute approximate surface area is 159 Å². The van der Waals surface area contributed by atoms with Gasteiger partial charge in [-0.05, 0) is 58.3 Å². The van der Waals surface area contributed by atoms with Gasteiger partial charge < -0.3 is 4.52 Å². The third-order valence-corrected chi connectivity index (χ3v) is 4.27. The Morgan fingerprint density at radius 1 is 0.769 bits per heavy atom. The molecule has 4 nitrogen and oxygen atoms in total. The largest absolute Gasteiger partial charge is 0.524 e. The first-order valence-electron chi connectivity index (χ1n) is 9.25. The van der Waals surface area contributed by atoms with Crippen molar-refractivity contribution in [1.29, 1.82) is 0 Å². The summed E-state index contributed by atoms with van der Waals surface area (Å²) in [6.45, 7) is 19.6. The summed E-state index contributed by atoms with van der Waals surface area (Å²) in [6.07, 6.45) is 2.44. The van der Waals surface area contributed by atoms with Crippen molar-refractivity contribution in [2.24, 2.45) is 16.2 Å². The summed E-state index contributed by atoms with van der Waals surface area (Å²) in [4.78, 5) is 18.7. The van der Waals surface area contributed by atoms with E-state index in [-0.39, 0.29) is 16.2 Å². The van der Waals surface area contributed by atoms with E-state index in [0.29, 0.717) is 12.2 Å². The Morgan fingerprint density at radius 2 is 1.19 bits per heavy atom. The molecule has 0 fully saturated rings. The van der Waals surface area contributed by atoms with Crippen LogP contribution in [0.25, 0.3) is 0 Å². The fourth-order valence-electron chi connectivity index (χ4n) is 3.15. The maximum absolute atomic E-state index is 11.5. The molecule has 0 unspecified atom stereocenters. The monoisotopic (exact) mass is 384 g/mol. The first-order valence-corrected chi connectivity index (χ1v) is 10.8. The average molecular weight is 384 g/mol. The van der Waals surface area contributed by atoms with E-state index in [1.54, 1.807) is 6.07 Å². The Hall–Kier alpha value is -0.830. The number of rotatable bonds is 5. The zero-order valence-corrected chi connectivity index (χ0v) is 18.8. The van der Waals surface area contributed by atoms with Crippen molar-refractivity contribution < 1.29 is 18.9 Å². The van der Waals surface area contributed by atoms with Gasteiger partial charge in [-0.2, -0.15) is 0 Å². The number of benzene rings is 1. The van der Waals surface area contributed by atoms with Crippen molar-refractivity contribution in [3.05, 3.63) is 28.8 Å². The van der Waals surface area contributed by atoms with Gasteiger partial charge in [-0.1, -0.05) is 68.4 Å². The molecule has 0 atom stereocenters. The lowest BCUT2D eigenvalue weighted by atomic mass is 9.76. The Bertz CT molecular complexity index is 667. The molecule has 2 N–H and O–H groups in total. The van der Waals surface area contributed by atoms with Crippen molar-refractivity contribution in [3.8, 4) is 5.75 Å². The number of phosphoric ester groups is 1. The van der Waals surface area contributed by atoms with Crippen LogP contribution in [0.15, 0.2) is 12.1 Å². The average Bonchev–Trinajstić information content (AvgIpc) is 2.30. The van der Waals surface area contributed by atoms with Gasteiger partial charge in [0.05, 0.1) is 0 Å². The van der Waals surface area contributed by atoms with E-state index >= 15 is 0 Å². The zero-order valence-electron chi connectivity index (χ0n) is 17.9. The molecule has 0 aliphatic carbocycles. The summed E-state index contributed by atoms with van der Waals surface area (Å²) >= 11 is 0. The van der Waals surface area contributed by atoms with Gasteiger partial charge in [-0.3, -0.25) is 9.79 Å². The Morgan fingerprint density at radius 3 is 1.58 bits per heavy atom. The van der Waals surface area contributed by atoms with Gasteiger partial charge in [0.15, 0.2) is 0 Å². The lowest BCUT2D eigenvalue weighted by Crippen LogP contribution is -2.20. The van der Waals surface area contributed by atoms with Crippen molar-refractivity contribution in [2.45, 2.75) is 81.6 Å². The molecule has 0 aliphatic heterocycles. The molecule has 0 saturated carbocycles. The van der Waals surface area contributed by atoms with Crippen LogP contribution in [0.4, 0.5) is 0 Å². The fraction of sp³-hybridized carbons (Fsp3) is 0.714. The highest BCUT2D eigenvalue weighted by atomic mass is 31.2. The summed E-state index contributed by atoms with van der Waals surface area (Å²) in [6, 6.07) is 3.71. The van der Waals surface area contributed by atoms with Gasteiger partial charge in [0, 0.05) is 0 Å². The van der Waals surface area contributed by atoms with Crippen LogP contribution in [-0.4, -0.2) is 9.79 Å². The minimum absolute atomic E-state index is 0.0278. The summed E-state index contributed by atoms with van der Waals surface area (Å²) in [5.41, 5.74) is 3.49. The molecule has 1 rings (SSSR count). The van der Waals surface area contributed by atoms with E-state index in [9.17, 15) is 14.4 Å².